The molecule has 0 aromatic rings. The molecule has 0 fully saturated rings. The largest absolute Gasteiger partial charge is 1.00 e. The third-order valence-corrected chi connectivity index (χ3v) is 0. The molecule has 0 rings (SSSR count). The molecule has 0 aliphatic heterocycles. The average Bonchev–Trinajstić information content (AvgIpc) is 0. The van der Waals surface area contributed by atoms with Crippen LogP contribution in [0.1, 0.15) is 2.85 Å². The minimum Gasteiger partial charge on any atom is -1.00 e. The van der Waals surface area contributed by atoms with Gasteiger partial charge in [0.1, 0.15) is 0 Å². The molecular weight excluding hydrogens is 294 g/mol. The minimum absolute atomic E-state index is 0. The van der Waals surface area contributed by atoms with Crippen LogP contribution in [0.2, 0.25) is 0 Å². The van der Waals surface area contributed by atoms with Gasteiger partial charge in [0.15, 0.2) is 0 Å². The Balaban J connectivity index is 0. The molecule has 0 nitrogen and oxygen atoms in total. The number of rotatable bonds is 0. The van der Waals surface area contributed by atoms with Gasteiger partial charge in [-0.2, -0.15) is 0 Å². The molecule has 0 atom stereocenters. The van der Waals surface area contributed by atoms with Crippen LogP contribution in [0.25, 0.3) is 0 Å². The van der Waals surface area contributed by atoms with E-state index in [1.807, 2.05) is 0 Å². The van der Waals surface area contributed by atoms with Gasteiger partial charge in [0.2, 0.25) is 0 Å². The van der Waals surface area contributed by atoms with E-state index < -0.39 is 0 Å². The summed E-state index contributed by atoms with van der Waals surface area (Å²) < 4.78 is 0. The first-order chi connectivity index (χ1) is 0. The summed E-state index contributed by atoms with van der Waals surface area (Å²) in [5.41, 5.74) is 0. The Morgan fingerprint density at radius 3 is 0.571 bits per heavy atom. The van der Waals surface area contributed by atoms with Crippen LogP contribution in [-0.4, -0.2) is 0 Å². The van der Waals surface area contributed by atoms with E-state index in [2.05, 4.69) is 0 Å². The molecule has 0 aromatic heterocycles. The van der Waals surface area contributed by atoms with Crippen molar-refractivity contribution >= 4 is 49.6 Å². The van der Waals surface area contributed by atoms with Crippen molar-refractivity contribution in [2.24, 2.45) is 0 Å². The Hall–Kier alpha value is 3.82. The zero-order valence-corrected chi connectivity index (χ0v) is 12.8. The first-order valence-electron chi connectivity index (χ1n) is 0. The molecule has 0 bridgehead atoms. The van der Waals surface area contributed by atoms with Gasteiger partial charge in [-0.3, -0.25) is 0 Å². The van der Waals surface area contributed by atoms with E-state index in [1.165, 1.54) is 0 Å². The van der Waals surface area contributed by atoms with Crippen LogP contribution in [-0.2, 0) is 20.4 Å². The van der Waals surface area contributed by atoms with Crippen molar-refractivity contribution in [3.05, 3.63) is 0 Å². The first kappa shape index (κ1) is 71.5. The van der Waals surface area contributed by atoms with Crippen LogP contribution in [0.4, 0.5) is 0 Å². The van der Waals surface area contributed by atoms with Crippen molar-refractivity contribution in [2.75, 3.05) is 0 Å². The van der Waals surface area contributed by atoms with Crippen molar-refractivity contribution in [1.29, 1.82) is 0 Å². The molecular formula is H6Cl4Na2Pd. The van der Waals surface area contributed by atoms with Gasteiger partial charge in [-0.05, 0) is 0 Å². The van der Waals surface area contributed by atoms with Crippen LogP contribution in [0.5, 0.6) is 0 Å². The molecule has 0 saturated heterocycles. The van der Waals surface area contributed by atoms with E-state index in [0.717, 1.165) is 0 Å². The summed E-state index contributed by atoms with van der Waals surface area (Å²) in [7, 11) is 0. The van der Waals surface area contributed by atoms with E-state index >= 15 is 0 Å². The average molecular weight is 300 g/mol. The molecule has 7 heteroatoms. The Morgan fingerprint density at radius 1 is 0.571 bits per heavy atom. The number of halogens is 4. The summed E-state index contributed by atoms with van der Waals surface area (Å²) in [6.45, 7) is 0. The van der Waals surface area contributed by atoms with Gasteiger partial charge in [-0.15, -0.1) is 49.6 Å². The fourth-order valence-corrected chi connectivity index (χ4v) is 0. The van der Waals surface area contributed by atoms with Crippen LogP contribution in [0.3, 0.4) is 0 Å². The predicted octanol–water partition coefficient (Wildman–Crippen LogP) is -4.08. The van der Waals surface area contributed by atoms with Crippen molar-refractivity contribution in [2.45, 2.75) is 0 Å². The molecule has 46 valence electrons. The zero-order valence-electron chi connectivity index (χ0n) is 5.95. The molecule has 0 aliphatic rings. The number of hydrogen-bond donors (Lipinski definition) is 0. The molecule has 0 heterocycles. The molecule has 0 saturated carbocycles. The third kappa shape index (κ3) is 41.1. The Morgan fingerprint density at radius 2 is 0.571 bits per heavy atom. The fourth-order valence-electron chi connectivity index (χ4n) is 0. The van der Waals surface area contributed by atoms with Crippen LogP contribution >= 0.6 is 49.6 Å². The fraction of sp³-hybridized carbons (Fsp3) is 0. The summed E-state index contributed by atoms with van der Waals surface area (Å²) in [6, 6.07) is 0. The van der Waals surface area contributed by atoms with E-state index in [1.54, 1.807) is 0 Å². The van der Waals surface area contributed by atoms with Gasteiger partial charge in [-0.1, -0.05) is 0 Å². The smallest absolute Gasteiger partial charge is 1.00 e. The van der Waals surface area contributed by atoms with E-state index in [0.29, 0.717) is 0 Å². The summed E-state index contributed by atoms with van der Waals surface area (Å²) in [4.78, 5) is 0. The minimum atomic E-state index is 0. The zero-order chi connectivity index (χ0) is 0. The van der Waals surface area contributed by atoms with Gasteiger partial charge in [0.05, 0.1) is 0 Å². The molecule has 0 spiro atoms. The SMILES string of the molecule is Cl.Cl.Cl.Cl.[H-].[H-].[Na+].[Na+].[Pd]. The van der Waals surface area contributed by atoms with Crippen LogP contribution in [0.15, 0.2) is 0 Å². The normalized spacial score (nSPS) is 0. The maximum atomic E-state index is 0. The second kappa shape index (κ2) is 52.3. The van der Waals surface area contributed by atoms with Gasteiger partial charge < -0.3 is 2.85 Å². The maximum Gasteiger partial charge on any atom is 1.00 e. The third-order valence-electron chi connectivity index (χ3n) is 0. The van der Waals surface area contributed by atoms with Gasteiger partial charge in [0, 0.05) is 20.4 Å². The van der Waals surface area contributed by atoms with Crippen LogP contribution < -0.4 is 59.1 Å². The monoisotopic (exact) mass is 298 g/mol. The first-order valence-corrected chi connectivity index (χ1v) is 0. The number of hydrogen-bond acceptors (Lipinski definition) is 0. The van der Waals surface area contributed by atoms with E-state index in [4.69, 9.17) is 0 Å². The van der Waals surface area contributed by atoms with Crippen molar-refractivity contribution in [3.63, 3.8) is 0 Å². The summed E-state index contributed by atoms with van der Waals surface area (Å²) in [5.74, 6) is 0. The molecule has 0 aromatic carbocycles. The molecule has 0 aliphatic carbocycles. The standard InChI is InChI=1S/4ClH.2Na.Pd.2H/h4*1H;;;;;/q;;;;2*+1;;2*-1. The molecule has 0 N–H and O–H groups in total. The Kier molecular flexibility index (Phi) is 534. The molecule has 0 radical (unpaired) electrons. The van der Waals surface area contributed by atoms with Crippen LogP contribution in [0, 0.1) is 0 Å². The van der Waals surface area contributed by atoms with Gasteiger partial charge >= 0.3 is 59.1 Å². The second-order valence-corrected chi connectivity index (χ2v) is 0. The Bertz CT molecular complexity index is 16.5. The molecule has 0 unspecified atom stereocenters. The van der Waals surface area contributed by atoms with Crippen molar-refractivity contribution in [1.82, 2.24) is 0 Å². The summed E-state index contributed by atoms with van der Waals surface area (Å²) >= 11 is 0. The molecule has 0 amide bonds. The van der Waals surface area contributed by atoms with Gasteiger partial charge in [-0.25, -0.2) is 0 Å². The van der Waals surface area contributed by atoms with E-state index in [-0.39, 0.29) is 132 Å². The topological polar surface area (TPSA) is 0 Å². The summed E-state index contributed by atoms with van der Waals surface area (Å²) in [5, 5.41) is 0. The maximum absolute atomic E-state index is 0. The van der Waals surface area contributed by atoms with E-state index in [9.17, 15) is 0 Å². The summed E-state index contributed by atoms with van der Waals surface area (Å²) in [6.07, 6.45) is 0. The molecule has 7 heavy (non-hydrogen) atoms. The van der Waals surface area contributed by atoms with Crippen molar-refractivity contribution in [3.8, 4) is 0 Å². The Labute approximate surface area is 130 Å². The predicted molar refractivity (Wildman–Crippen MR) is 31.2 cm³/mol. The second-order valence-electron chi connectivity index (χ2n) is 0. The quantitative estimate of drug-likeness (QED) is 0.399. The van der Waals surface area contributed by atoms with Gasteiger partial charge in [0.25, 0.3) is 0 Å². The van der Waals surface area contributed by atoms with Crippen molar-refractivity contribution < 1.29 is 82.4 Å².